The van der Waals surface area contributed by atoms with E-state index in [4.69, 9.17) is 5.11 Å². The number of aliphatic carboxylic acids is 1. The third-order valence-corrected chi connectivity index (χ3v) is 3.87. The quantitative estimate of drug-likeness (QED) is 0.666. The standard InChI is InChI=1S/C10H19NO4S/c1-7(16(4)15)5-6-11-8(12)10(2,3)9(13)14/h7H,5-6H2,1-4H3,(H,11,12)(H,13,14). The first kappa shape index (κ1) is 15.1. The molecule has 6 heteroatoms. The number of hydrogen-bond donors (Lipinski definition) is 2. The van der Waals surface area contributed by atoms with Crippen LogP contribution in [0.1, 0.15) is 27.2 Å². The van der Waals surface area contributed by atoms with Gasteiger partial charge in [0.2, 0.25) is 5.91 Å². The molecular weight excluding hydrogens is 230 g/mol. The van der Waals surface area contributed by atoms with Crippen molar-refractivity contribution in [3.8, 4) is 0 Å². The fourth-order valence-electron chi connectivity index (χ4n) is 0.873. The second-order valence-corrected chi connectivity index (χ2v) is 6.09. The topological polar surface area (TPSA) is 83.5 Å². The van der Waals surface area contributed by atoms with E-state index in [1.165, 1.54) is 13.8 Å². The normalized spacial score (nSPS) is 15.2. The second kappa shape index (κ2) is 5.98. The molecule has 16 heavy (non-hydrogen) atoms. The Morgan fingerprint density at radius 1 is 1.44 bits per heavy atom. The molecule has 0 aromatic heterocycles. The van der Waals surface area contributed by atoms with Crippen LogP contribution in [0.4, 0.5) is 0 Å². The first-order valence-corrected chi connectivity index (χ1v) is 6.65. The van der Waals surface area contributed by atoms with Crippen molar-refractivity contribution >= 4 is 22.7 Å². The summed E-state index contributed by atoms with van der Waals surface area (Å²) in [5.41, 5.74) is -1.42. The molecule has 0 radical (unpaired) electrons. The summed E-state index contributed by atoms with van der Waals surface area (Å²) >= 11 is 0. The van der Waals surface area contributed by atoms with Gasteiger partial charge in [-0.25, -0.2) is 0 Å². The average molecular weight is 249 g/mol. The lowest BCUT2D eigenvalue weighted by Crippen LogP contribution is -2.43. The lowest BCUT2D eigenvalue weighted by atomic mass is 9.93. The third-order valence-electron chi connectivity index (χ3n) is 2.51. The summed E-state index contributed by atoms with van der Waals surface area (Å²) in [6.45, 7) is 4.87. The van der Waals surface area contributed by atoms with E-state index in [9.17, 15) is 13.8 Å². The largest absolute Gasteiger partial charge is 0.480 e. The Balaban J connectivity index is 4.09. The van der Waals surface area contributed by atoms with E-state index in [-0.39, 0.29) is 5.25 Å². The van der Waals surface area contributed by atoms with Crippen LogP contribution in [0.15, 0.2) is 0 Å². The summed E-state index contributed by atoms with van der Waals surface area (Å²) in [5, 5.41) is 11.3. The maximum atomic E-state index is 11.5. The Hall–Kier alpha value is -0.910. The SMILES string of the molecule is CC(CCNC(=O)C(C)(C)C(=O)O)S(C)=O. The number of amides is 1. The Morgan fingerprint density at radius 3 is 2.31 bits per heavy atom. The summed E-state index contributed by atoms with van der Waals surface area (Å²) in [6, 6.07) is 0. The Kier molecular flexibility index (Phi) is 5.64. The van der Waals surface area contributed by atoms with E-state index in [0.717, 1.165) is 0 Å². The molecule has 5 nitrogen and oxygen atoms in total. The van der Waals surface area contributed by atoms with Crippen LogP contribution >= 0.6 is 0 Å². The maximum Gasteiger partial charge on any atom is 0.318 e. The van der Waals surface area contributed by atoms with E-state index in [1.807, 2.05) is 6.92 Å². The highest BCUT2D eigenvalue weighted by molar-refractivity contribution is 7.84. The molecular formula is C10H19NO4S. The molecule has 0 spiro atoms. The van der Waals surface area contributed by atoms with Crippen LogP contribution in [-0.4, -0.2) is 39.2 Å². The molecule has 94 valence electrons. The van der Waals surface area contributed by atoms with Crippen LogP contribution in [0.5, 0.6) is 0 Å². The van der Waals surface area contributed by atoms with Gasteiger partial charge in [0.15, 0.2) is 0 Å². The lowest BCUT2D eigenvalue weighted by Gasteiger charge is -2.18. The van der Waals surface area contributed by atoms with Crippen molar-refractivity contribution in [1.82, 2.24) is 5.32 Å². The monoisotopic (exact) mass is 249 g/mol. The van der Waals surface area contributed by atoms with Gasteiger partial charge in [-0.1, -0.05) is 6.92 Å². The van der Waals surface area contributed by atoms with Crippen LogP contribution in [0.25, 0.3) is 0 Å². The first-order valence-electron chi connectivity index (χ1n) is 5.03. The van der Waals surface area contributed by atoms with Gasteiger partial charge in [-0.15, -0.1) is 0 Å². The van der Waals surface area contributed by atoms with Gasteiger partial charge in [-0.3, -0.25) is 13.8 Å². The fraction of sp³-hybridized carbons (Fsp3) is 0.800. The van der Waals surface area contributed by atoms with Crippen LogP contribution in [-0.2, 0) is 20.4 Å². The molecule has 0 fully saturated rings. The molecule has 0 bridgehead atoms. The van der Waals surface area contributed by atoms with Crippen molar-refractivity contribution in [2.24, 2.45) is 5.41 Å². The lowest BCUT2D eigenvalue weighted by molar-refractivity contribution is -0.153. The maximum absolute atomic E-state index is 11.5. The smallest absolute Gasteiger partial charge is 0.318 e. The highest BCUT2D eigenvalue weighted by Gasteiger charge is 2.35. The van der Waals surface area contributed by atoms with E-state index in [2.05, 4.69) is 5.32 Å². The van der Waals surface area contributed by atoms with Crippen molar-refractivity contribution in [3.63, 3.8) is 0 Å². The number of rotatable bonds is 6. The molecule has 2 N–H and O–H groups in total. The predicted octanol–water partition coefficient (Wildman–Crippen LogP) is 0.370. The van der Waals surface area contributed by atoms with E-state index in [1.54, 1.807) is 6.26 Å². The Labute approximate surface area is 98.1 Å². The van der Waals surface area contributed by atoms with Crippen molar-refractivity contribution in [1.29, 1.82) is 0 Å². The number of carbonyl (C=O) groups is 2. The van der Waals surface area contributed by atoms with Gasteiger partial charge in [-0.2, -0.15) is 0 Å². The number of hydrogen-bond acceptors (Lipinski definition) is 3. The van der Waals surface area contributed by atoms with Crippen LogP contribution in [0.3, 0.4) is 0 Å². The molecule has 1 amide bonds. The van der Waals surface area contributed by atoms with Gasteiger partial charge in [-0.05, 0) is 20.3 Å². The average Bonchev–Trinajstić information content (AvgIpc) is 2.16. The molecule has 0 saturated carbocycles. The molecule has 0 rings (SSSR count). The van der Waals surface area contributed by atoms with Crippen molar-refractivity contribution in [2.45, 2.75) is 32.4 Å². The fourth-order valence-corrected chi connectivity index (χ4v) is 1.32. The van der Waals surface area contributed by atoms with Crippen molar-refractivity contribution in [2.75, 3.05) is 12.8 Å². The molecule has 0 heterocycles. The molecule has 0 aromatic carbocycles. The number of carboxylic acids is 1. The van der Waals surface area contributed by atoms with E-state index in [0.29, 0.717) is 13.0 Å². The summed E-state index contributed by atoms with van der Waals surface area (Å²) in [4.78, 5) is 22.2. The minimum atomic E-state index is -1.42. The predicted molar refractivity (Wildman–Crippen MR) is 62.6 cm³/mol. The Bertz CT molecular complexity index is 301. The minimum Gasteiger partial charge on any atom is -0.480 e. The summed E-state index contributed by atoms with van der Waals surface area (Å²) in [5.74, 6) is -1.67. The Morgan fingerprint density at radius 2 is 1.94 bits per heavy atom. The summed E-state index contributed by atoms with van der Waals surface area (Å²) in [7, 11) is -0.923. The van der Waals surface area contributed by atoms with Gasteiger partial charge in [0.25, 0.3) is 0 Å². The zero-order chi connectivity index (χ0) is 12.9. The minimum absolute atomic E-state index is 0.00626. The number of carboxylic acid groups (broad SMARTS) is 1. The van der Waals surface area contributed by atoms with Crippen molar-refractivity contribution < 1.29 is 18.9 Å². The molecule has 0 aliphatic heterocycles. The molecule has 0 aliphatic rings. The highest BCUT2D eigenvalue weighted by atomic mass is 32.2. The van der Waals surface area contributed by atoms with Gasteiger partial charge < -0.3 is 10.4 Å². The molecule has 2 unspecified atom stereocenters. The van der Waals surface area contributed by atoms with Gasteiger partial charge in [0.05, 0.1) is 0 Å². The molecule has 0 saturated heterocycles. The zero-order valence-corrected chi connectivity index (χ0v) is 10.9. The van der Waals surface area contributed by atoms with Gasteiger partial charge >= 0.3 is 5.97 Å². The van der Waals surface area contributed by atoms with Crippen LogP contribution < -0.4 is 5.32 Å². The first-order chi connectivity index (χ1) is 7.19. The summed E-state index contributed by atoms with van der Waals surface area (Å²) in [6.07, 6.45) is 2.18. The molecule has 2 atom stereocenters. The molecule has 0 aliphatic carbocycles. The van der Waals surface area contributed by atoms with Gasteiger partial charge in [0.1, 0.15) is 5.41 Å². The summed E-state index contributed by atoms with van der Waals surface area (Å²) < 4.78 is 11.0. The number of nitrogens with one attached hydrogen (secondary N) is 1. The molecule has 0 aromatic rings. The van der Waals surface area contributed by atoms with Gasteiger partial charge in [0, 0.05) is 28.9 Å². The zero-order valence-electron chi connectivity index (χ0n) is 10.1. The van der Waals surface area contributed by atoms with E-state index < -0.39 is 28.1 Å². The van der Waals surface area contributed by atoms with Crippen molar-refractivity contribution in [3.05, 3.63) is 0 Å². The number of carbonyl (C=O) groups excluding carboxylic acids is 1. The van der Waals surface area contributed by atoms with Crippen LogP contribution in [0, 0.1) is 5.41 Å². The third kappa shape index (κ3) is 4.30. The van der Waals surface area contributed by atoms with E-state index >= 15 is 0 Å². The second-order valence-electron chi connectivity index (χ2n) is 4.28. The van der Waals surface area contributed by atoms with Crippen LogP contribution in [0.2, 0.25) is 0 Å². The highest BCUT2D eigenvalue weighted by Crippen LogP contribution is 2.14.